The van der Waals surface area contributed by atoms with Gasteiger partial charge >= 0.3 is 6.18 Å². The topological polar surface area (TPSA) is 71.3 Å². The summed E-state index contributed by atoms with van der Waals surface area (Å²) in [6.45, 7) is 0.569. The van der Waals surface area contributed by atoms with Crippen molar-refractivity contribution in [3.8, 4) is 5.82 Å². The molecule has 3 aliphatic rings. The zero-order valence-electron chi connectivity index (χ0n) is 20.6. The lowest BCUT2D eigenvalue weighted by molar-refractivity contribution is -0.137. The van der Waals surface area contributed by atoms with Gasteiger partial charge in [-0.2, -0.15) is 13.2 Å². The van der Waals surface area contributed by atoms with Crippen LogP contribution in [0.1, 0.15) is 46.2 Å². The number of hydrogen-bond acceptors (Lipinski definition) is 4. The molecule has 1 saturated heterocycles. The van der Waals surface area contributed by atoms with Crippen LogP contribution in [0, 0.1) is 5.92 Å². The van der Waals surface area contributed by atoms with Crippen LogP contribution < -0.4 is 0 Å². The second kappa shape index (κ2) is 9.68. The number of nitrogens with zero attached hydrogens (tertiary/aromatic N) is 5. The highest BCUT2D eigenvalue weighted by Gasteiger charge is 2.45. The number of rotatable bonds is 3. The van der Waals surface area contributed by atoms with Crippen LogP contribution in [0.15, 0.2) is 72.8 Å². The van der Waals surface area contributed by atoms with E-state index in [0.29, 0.717) is 24.5 Å². The van der Waals surface area contributed by atoms with Crippen molar-refractivity contribution in [3.63, 3.8) is 0 Å². The van der Waals surface area contributed by atoms with Gasteiger partial charge in [0.05, 0.1) is 27.5 Å². The maximum Gasteiger partial charge on any atom is 0.417 e. The molecular weight excluding hydrogens is 531 g/mol. The third kappa shape index (κ3) is 4.32. The lowest BCUT2D eigenvalue weighted by Crippen LogP contribution is -2.48. The molecule has 1 fully saturated rings. The molecule has 4 heterocycles. The molecule has 39 heavy (non-hydrogen) atoms. The molecule has 1 aliphatic carbocycles. The monoisotopic (exact) mass is 553 g/mol. The van der Waals surface area contributed by atoms with Crippen LogP contribution in [0.4, 0.5) is 13.2 Å². The molecule has 200 valence electrons. The van der Waals surface area contributed by atoms with Gasteiger partial charge in [-0.05, 0) is 43.2 Å². The van der Waals surface area contributed by atoms with Gasteiger partial charge in [-0.1, -0.05) is 35.9 Å². The van der Waals surface area contributed by atoms with E-state index < -0.39 is 28.7 Å². The fraction of sp³-hybridized carbons (Fsp3) is 0.286. The minimum absolute atomic E-state index is 0.0869. The molecule has 0 saturated carbocycles. The minimum atomic E-state index is -4.73. The van der Waals surface area contributed by atoms with Crippen molar-refractivity contribution in [2.45, 2.75) is 31.5 Å². The molecule has 0 bridgehead atoms. The first-order valence-corrected chi connectivity index (χ1v) is 13.0. The van der Waals surface area contributed by atoms with Gasteiger partial charge in [0.15, 0.2) is 6.04 Å². The first-order valence-electron chi connectivity index (χ1n) is 12.6. The molecule has 7 nitrogen and oxygen atoms in total. The lowest BCUT2D eigenvalue weighted by Gasteiger charge is -2.37. The number of allylic oxidation sites excluding steroid dienone is 4. The van der Waals surface area contributed by atoms with Crippen molar-refractivity contribution in [1.29, 1.82) is 0 Å². The Morgan fingerprint density at radius 3 is 2.67 bits per heavy atom. The Kier molecular flexibility index (Phi) is 6.29. The molecule has 2 unspecified atom stereocenters. The smallest absolute Gasteiger partial charge is 0.321 e. The number of halogens is 4. The van der Waals surface area contributed by atoms with Gasteiger partial charge in [0.25, 0.3) is 11.8 Å². The van der Waals surface area contributed by atoms with Crippen molar-refractivity contribution in [2.24, 2.45) is 5.92 Å². The third-order valence-corrected chi connectivity index (χ3v) is 7.91. The van der Waals surface area contributed by atoms with Gasteiger partial charge < -0.3 is 9.80 Å². The second-order valence-corrected chi connectivity index (χ2v) is 10.1. The van der Waals surface area contributed by atoms with E-state index in [4.69, 9.17) is 11.6 Å². The molecule has 2 aromatic heterocycles. The van der Waals surface area contributed by atoms with Gasteiger partial charge in [0, 0.05) is 37.3 Å². The molecule has 1 aromatic carbocycles. The van der Waals surface area contributed by atoms with E-state index in [-0.39, 0.29) is 23.9 Å². The van der Waals surface area contributed by atoms with Gasteiger partial charge in [-0.3, -0.25) is 14.2 Å². The van der Waals surface area contributed by atoms with E-state index in [0.717, 1.165) is 36.4 Å². The number of imidazole rings is 1. The molecule has 0 N–H and O–H groups in total. The lowest BCUT2D eigenvalue weighted by atomic mass is 9.96. The molecule has 3 aromatic rings. The van der Waals surface area contributed by atoms with Crippen LogP contribution in [0.25, 0.3) is 5.82 Å². The van der Waals surface area contributed by atoms with Crippen molar-refractivity contribution in [3.05, 3.63) is 100 Å². The Balaban J connectivity index is 1.44. The van der Waals surface area contributed by atoms with Crippen LogP contribution in [-0.4, -0.2) is 49.2 Å². The molecule has 2 atom stereocenters. The van der Waals surface area contributed by atoms with Crippen molar-refractivity contribution in [2.75, 3.05) is 13.1 Å². The summed E-state index contributed by atoms with van der Waals surface area (Å²) in [7, 11) is 0. The Hall–Kier alpha value is -3.92. The summed E-state index contributed by atoms with van der Waals surface area (Å²) in [4.78, 5) is 40.0. The standard InChI is InChI=1S/C28H23ClF3N5O2/c29-23-18(7-5-8-19(23)28(30,31)32)26(38)36-15-12-21-24(34-16-37(21)22-10-3-4-13-33-22)25(36)27(39)35-14-11-17-6-1-2-9-20(17)35/h1-5,7-10,13,16-17,25H,6,11-12,14-15H2. The number of alkyl halides is 3. The van der Waals surface area contributed by atoms with Crippen molar-refractivity contribution in [1.82, 2.24) is 24.3 Å². The Bertz CT molecular complexity index is 1520. The zero-order valence-corrected chi connectivity index (χ0v) is 21.4. The van der Waals surface area contributed by atoms with Crippen LogP contribution >= 0.6 is 11.6 Å². The summed E-state index contributed by atoms with van der Waals surface area (Å²) in [6, 6.07) is 7.52. The molecule has 6 rings (SSSR count). The quantitative estimate of drug-likeness (QED) is 0.437. The summed E-state index contributed by atoms with van der Waals surface area (Å²) in [5.41, 5.74) is 0.569. The Morgan fingerprint density at radius 2 is 1.90 bits per heavy atom. The number of aromatic nitrogens is 3. The number of likely N-dealkylation sites (tertiary alicyclic amines) is 1. The normalized spacial score (nSPS) is 20.5. The van der Waals surface area contributed by atoms with Gasteiger partial charge in [0.2, 0.25) is 0 Å². The van der Waals surface area contributed by atoms with Crippen molar-refractivity contribution < 1.29 is 22.8 Å². The van der Waals surface area contributed by atoms with Crippen LogP contribution in [-0.2, 0) is 17.4 Å². The minimum Gasteiger partial charge on any atom is -0.321 e. The molecule has 2 amide bonds. The third-order valence-electron chi connectivity index (χ3n) is 7.51. The number of fused-ring (bicyclic) bond motifs is 2. The maximum atomic E-state index is 14.2. The number of carbonyl (C=O) groups excluding carboxylic acids is 2. The number of benzene rings is 1. The Labute approximate surface area is 227 Å². The molecule has 0 radical (unpaired) electrons. The molecule has 2 aliphatic heterocycles. The van der Waals surface area contributed by atoms with Gasteiger partial charge in [-0.15, -0.1) is 0 Å². The average molecular weight is 554 g/mol. The number of amides is 2. The summed E-state index contributed by atoms with van der Waals surface area (Å²) >= 11 is 6.13. The molecule has 11 heteroatoms. The Morgan fingerprint density at radius 1 is 1.05 bits per heavy atom. The van der Waals surface area contributed by atoms with E-state index in [1.54, 1.807) is 28.1 Å². The molecular formula is C28H23ClF3N5O2. The van der Waals surface area contributed by atoms with E-state index in [9.17, 15) is 22.8 Å². The highest BCUT2D eigenvalue weighted by Crippen LogP contribution is 2.41. The highest BCUT2D eigenvalue weighted by molar-refractivity contribution is 6.34. The summed E-state index contributed by atoms with van der Waals surface area (Å²) < 4.78 is 42.5. The summed E-state index contributed by atoms with van der Waals surface area (Å²) in [5, 5.41) is -0.688. The zero-order chi connectivity index (χ0) is 27.3. The second-order valence-electron chi connectivity index (χ2n) is 9.68. The van der Waals surface area contributed by atoms with E-state index in [2.05, 4.69) is 16.0 Å². The fourth-order valence-corrected chi connectivity index (χ4v) is 5.96. The first kappa shape index (κ1) is 25.4. The summed E-state index contributed by atoms with van der Waals surface area (Å²) in [5.74, 6) is -0.284. The van der Waals surface area contributed by atoms with Crippen LogP contribution in [0.3, 0.4) is 0 Å². The predicted octanol–water partition coefficient (Wildman–Crippen LogP) is 5.37. The number of hydrogen-bond donors (Lipinski definition) is 0. The SMILES string of the molecule is O=C(C1c2ncn(-c3ccccn3)c2CCN1C(=O)c1cccc(C(F)(F)F)c1Cl)N1CCC2CC=CC=C21. The highest BCUT2D eigenvalue weighted by atomic mass is 35.5. The fourth-order valence-electron chi connectivity index (χ4n) is 5.64. The number of pyridine rings is 1. The van der Waals surface area contributed by atoms with Gasteiger partial charge in [0.1, 0.15) is 12.1 Å². The van der Waals surface area contributed by atoms with Crippen LogP contribution in [0.2, 0.25) is 5.02 Å². The largest absolute Gasteiger partial charge is 0.417 e. The summed E-state index contributed by atoms with van der Waals surface area (Å²) in [6.07, 6.45) is 6.28. The van der Waals surface area contributed by atoms with E-state index in [1.807, 2.05) is 24.3 Å². The molecule has 0 spiro atoms. The van der Waals surface area contributed by atoms with Crippen molar-refractivity contribution >= 4 is 23.4 Å². The van der Waals surface area contributed by atoms with Crippen LogP contribution in [0.5, 0.6) is 0 Å². The number of carbonyl (C=O) groups is 2. The first-order chi connectivity index (χ1) is 18.8. The van der Waals surface area contributed by atoms with Gasteiger partial charge in [-0.25, -0.2) is 9.97 Å². The maximum absolute atomic E-state index is 14.2. The predicted molar refractivity (Wildman–Crippen MR) is 137 cm³/mol. The van der Waals surface area contributed by atoms with E-state index >= 15 is 0 Å². The van der Waals surface area contributed by atoms with E-state index in [1.165, 1.54) is 11.0 Å². The average Bonchev–Trinajstić information content (AvgIpc) is 3.56.